The summed E-state index contributed by atoms with van der Waals surface area (Å²) in [5.41, 5.74) is 3.33. The van der Waals surface area contributed by atoms with E-state index in [4.69, 9.17) is 14.2 Å². The Bertz CT molecular complexity index is 974. The lowest BCUT2D eigenvalue weighted by molar-refractivity contribution is -0.124. The van der Waals surface area contributed by atoms with E-state index in [1.807, 2.05) is 35.2 Å². The molecule has 0 radical (unpaired) electrons. The molecule has 4 rings (SSSR count). The van der Waals surface area contributed by atoms with Gasteiger partial charge in [-0.25, -0.2) is 0 Å². The molecule has 2 aromatic carbocycles. The second kappa shape index (κ2) is 8.36. The molecule has 0 saturated heterocycles. The summed E-state index contributed by atoms with van der Waals surface area (Å²) in [6, 6.07) is 10.8. The molecule has 2 aliphatic rings. The second-order valence-corrected chi connectivity index (χ2v) is 7.45. The number of hydrogen-bond acceptors (Lipinski definition) is 5. The van der Waals surface area contributed by atoms with Crippen molar-refractivity contribution in [2.45, 2.75) is 18.4 Å². The first-order chi connectivity index (χ1) is 14.6. The van der Waals surface area contributed by atoms with Gasteiger partial charge < -0.3 is 24.4 Å². The molecule has 7 nitrogen and oxygen atoms in total. The number of nitrogens with one attached hydrogen (secondary N) is 1. The Balaban J connectivity index is 1.85. The van der Waals surface area contributed by atoms with Gasteiger partial charge in [0.2, 0.25) is 5.91 Å². The zero-order valence-electron chi connectivity index (χ0n) is 17.4. The van der Waals surface area contributed by atoms with Gasteiger partial charge in [-0.15, -0.1) is 0 Å². The lowest BCUT2D eigenvalue weighted by Crippen LogP contribution is -2.50. The summed E-state index contributed by atoms with van der Waals surface area (Å²) in [7, 11) is 4.78. The number of carbonyl (C=O) groups is 2. The summed E-state index contributed by atoms with van der Waals surface area (Å²) >= 11 is 0. The Labute approximate surface area is 175 Å². The zero-order valence-corrected chi connectivity index (χ0v) is 17.4. The van der Waals surface area contributed by atoms with Crippen molar-refractivity contribution >= 4 is 11.8 Å². The highest BCUT2D eigenvalue weighted by molar-refractivity contribution is 6.01. The molecule has 158 valence electrons. The molecule has 2 amide bonds. The zero-order chi connectivity index (χ0) is 21.3. The minimum atomic E-state index is -0.520. The van der Waals surface area contributed by atoms with E-state index in [1.165, 1.54) is 0 Å². The van der Waals surface area contributed by atoms with E-state index in [0.29, 0.717) is 43.2 Å². The number of rotatable bonds is 6. The smallest absolute Gasteiger partial charge is 0.254 e. The van der Waals surface area contributed by atoms with Crippen LogP contribution >= 0.6 is 0 Å². The molecule has 1 N–H and O–H groups in total. The van der Waals surface area contributed by atoms with Gasteiger partial charge in [0.15, 0.2) is 11.5 Å². The molecule has 0 saturated carbocycles. The van der Waals surface area contributed by atoms with E-state index in [1.54, 1.807) is 27.4 Å². The van der Waals surface area contributed by atoms with Gasteiger partial charge in [0.05, 0.1) is 32.8 Å². The predicted octanol–water partition coefficient (Wildman–Crippen LogP) is 2.30. The average Bonchev–Trinajstić information content (AvgIpc) is 2.78. The van der Waals surface area contributed by atoms with Crippen molar-refractivity contribution in [3.05, 3.63) is 58.7 Å². The number of fused-ring (bicyclic) bond motifs is 4. The van der Waals surface area contributed by atoms with Gasteiger partial charge >= 0.3 is 0 Å². The Hall–Kier alpha value is -3.06. The normalized spacial score (nSPS) is 19.4. The molecule has 2 aliphatic heterocycles. The SMILES string of the molecule is COCCNC(=O)C1c2ccccc2C(=O)N2CCc3cc(OC)c(OC)cc3C12. The van der Waals surface area contributed by atoms with E-state index in [0.717, 1.165) is 16.7 Å². The second-order valence-electron chi connectivity index (χ2n) is 7.45. The van der Waals surface area contributed by atoms with Crippen molar-refractivity contribution in [1.29, 1.82) is 0 Å². The summed E-state index contributed by atoms with van der Waals surface area (Å²) in [5, 5.41) is 2.97. The first-order valence-corrected chi connectivity index (χ1v) is 10.0. The largest absolute Gasteiger partial charge is 0.493 e. The molecule has 30 heavy (non-hydrogen) atoms. The van der Waals surface area contributed by atoms with Crippen LogP contribution in [0, 0.1) is 0 Å². The molecule has 7 heteroatoms. The molecule has 2 unspecified atom stereocenters. The summed E-state index contributed by atoms with van der Waals surface area (Å²) in [6.45, 7) is 1.38. The summed E-state index contributed by atoms with van der Waals surface area (Å²) in [4.78, 5) is 28.4. The highest BCUT2D eigenvalue weighted by Crippen LogP contribution is 2.48. The standard InChI is InChI=1S/C23H26N2O5/c1-28-11-9-24-22(26)20-15-6-4-5-7-16(15)23(27)25-10-8-14-12-18(29-2)19(30-3)13-17(14)21(20)25/h4-7,12-13,20-21H,8-11H2,1-3H3,(H,24,26). The van der Waals surface area contributed by atoms with E-state index >= 15 is 0 Å². The molecular formula is C23H26N2O5. The van der Waals surface area contributed by atoms with Gasteiger partial charge in [-0.05, 0) is 41.3 Å². The minimum absolute atomic E-state index is 0.0445. The van der Waals surface area contributed by atoms with Crippen molar-refractivity contribution in [3.8, 4) is 11.5 Å². The Morgan fingerprint density at radius 2 is 1.83 bits per heavy atom. The topological polar surface area (TPSA) is 77.1 Å². The third kappa shape index (κ3) is 3.29. The monoisotopic (exact) mass is 410 g/mol. The van der Waals surface area contributed by atoms with Crippen LogP contribution in [-0.2, 0) is 16.0 Å². The molecular weight excluding hydrogens is 384 g/mol. The Kier molecular flexibility index (Phi) is 5.63. The fraction of sp³-hybridized carbons (Fsp3) is 0.391. The summed E-state index contributed by atoms with van der Waals surface area (Å²) in [6.07, 6.45) is 0.693. The van der Waals surface area contributed by atoms with Crippen LogP contribution in [0.1, 0.15) is 39.0 Å². The molecule has 0 fully saturated rings. The lowest BCUT2D eigenvalue weighted by atomic mass is 9.75. The van der Waals surface area contributed by atoms with Gasteiger partial charge in [-0.3, -0.25) is 9.59 Å². The van der Waals surface area contributed by atoms with Crippen molar-refractivity contribution in [2.24, 2.45) is 0 Å². The summed E-state index contributed by atoms with van der Waals surface area (Å²) in [5.74, 6) is 0.547. The molecule has 0 spiro atoms. The summed E-state index contributed by atoms with van der Waals surface area (Å²) < 4.78 is 16.0. The lowest BCUT2D eigenvalue weighted by Gasteiger charge is -2.45. The van der Waals surface area contributed by atoms with Crippen molar-refractivity contribution in [1.82, 2.24) is 10.2 Å². The maximum Gasteiger partial charge on any atom is 0.254 e. The van der Waals surface area contributed by atoms with Crippen molar-refractivity contribution in [2.75, 3.05) is 41.0 Å². The van der Waals surface area contributed by atoms with E-state index in [2.05, 4.69) is 5.32 Å². The fourth-order valence-electron chi connectivity index (χ4n) is 4.52. The van der Waals surface area contributed by atoms with Crippen molar-refractivity contribution in [3.63, 3.8) is 0 Å². The van der Waals surface area contributed by atoms with Crippen LogP contribution < -0.4 is 14.8 Å². The maximum absolute atomic E-state index is 13.3. The van der Waals surface area contributed by atoms with Crippen LogP contribution in [0.3, 0.4) is 0 Å². The highest BCUT2D eigenvalue weighted by atomic mass is 16.5. The molecule has 2 heterocycles. The van der Waals surface area contributed by atoms with Crippen LogP contribution in [0.15, 0.2) is 36.4 Å². The predicted molar refractivity (Wildman–Crippen MR) is 111 cm³/mol. The first-order valence-electron chi connectivity index (χ1n) is 10.0. The van der Waals surface area contributed by atoms with Gasteiger partial charge in [-0.1, -0.05) is 18.2 Å². The molecule has 2 atom stereocenters. The number of methoxy groups -OCH3 is 3. The van der Waals surface area contributed by atoms with Crippen LogP contribution in [0.2, 0.25) is 0 Å². The molecule has 0 bridgehead atoms. The number of carbonyl (C=O) groups excluding carboxylic acids is 2. The Morgan fingerprint density at radius 3 is 2.57 bits per heavy atom. The highest BCUT2D eigenvalue weighted by Gasteiger charge is 2.46. The van der Waals surface area contributed by atoms with Crippen molar-refractivity contribution < 1.29 is 23.8 Å². The minimum Gasteiger partial charge on any atom is -0.493 e. The maximum atomic E-state index is 13.3. The number of ether oxygens (including phenoxy) is 3. The third-order valence-electron chi connectivity index (χ3n) is 5.91. The molecule has 2 aromatic rings. The number of hydrogen-bond donors (Lipinski definition) is 1. The molecule has 0 aliphatic carbocycles. The van der Waals surface area contributed by atoms with Crippen LogP contribution in [-0.4, -0.2) is 57.7 Å². The number of amides is 2. The fourth-order valence-corrected chi connectivity index (χ4v) is 4.52. The quantitative estimate of drug-likeness (QED) is 0.740. The number of nitrogens with zero attached hydrogens (tertiary/aromatic N) is 1. The number of benzene rings is 2. The first kappa shape index (κ1) is 20.2. The van der Waals surface area contributed by atoms with Gasteiger partial charge in [-0.2, -0.15) is 0 Å². The van der Waals surface area contributed by atoms with E-state index in [9.17, 15) is 9.59 Å². The van der Waals surface area contributed by atoms with Gasteiger partial charge in [0.1, 0.15) is 0 Å². The Morgan fingerprint density at radius 1 is 1.10 bits per heavy atom. The third-order valence-corrected chi connectivity index (χ3v) is 5.91. The van der Waals surface area contributed by atoms with Crippen LogP contribution in [0.4, 0.5) is 0 Å². The van der Waals surface area contributed by atoms with E-state index < -0.39 is 12.0 Å². The van der Waals surface area contributed by atoms with Crippen LogP contribution in [0.25, 0.3) is 0 Å². The molecule has 0 aromatic heterocycles. The van der Waals surface area contributed by atoms with Crippen LogP contribution in [0.5, 0.6) is 11.5 Å². The van der Waals surface area contributed by atoms with Gasteiger partial charge in [0, 0.05) is 25.8 Å². The van der Waals surface area contributed by atoms with Gasteiger partial charge in [0.25, 0.3) is 5.91 Å². The van der Waals surface area contributed by atoms with E-state index in [-0.39, 0.29) is 11.8 Å². The average molecular weight is 410 g/mol.